The summed E-state index contributed by atoms with van der Waals surface area (Å²) in [6.45, 7) is 5.65. The van der Waals surface area contributed by atoms with Crippen molar-refractivity contribution in [2.75, 3.05) is 0 Å². The van der Waals surface area contributed by atoms with Gasteiger partial charge in [-0.3, -0.25) is 4.79 Å². The Morgan fingerprint density at radius 2 is 1.94 bits per heavy atom. The van der Waals surface area contributed by atoms with Crippen molar-refractivity contribution in [2.24, 2.45) is 0 Å². The molecular weight excluding hydrogens is 240 g/mol. The number of hydrogen-bond acceptors (Lipinski definition) is 2. The second-order valence-electron chi connectivity index (χ2n) is 4.42. The number of fused-ring (bicyclic) bond motifs is 1. The van der Waals surface area contributed by atoms with Gasteiger partial charge in [-0.05, 0) is 23.3 Å². The van der Waals surface area contributed by atoms with E-state index in [1.54, 1.807) is 6.08 Å². The van der Waals surface area contributed by atoms with Crippen molar-refractivity contribution in [3.8, 4) is 0 Å². The molecule has 2 rings (SSSR count). The fourth-order valence-corrected chi connectivity index (χ4v) is 2.62. The Balaban J connectivity index is 2.73. The third-order valence-electron chi connectivity index (χ3n) is 3.37. The molecule has 2 aromatic rings. The number of carbonyl (C=O) groups is 1. The lowest BCUT2D eigenvalue weighted by atomic mass is 9.80. The zero-order chi connectivity index (χ0) is 13.2. The molecule has 0 aromatic heterocycles. The molecule has 0 aliphatic carbocycles. The van der Waals surface area contributed by atoms with E-state index in [-0.39, 0.29) is 5.97 Å². The van der Waals surface area contributed by atoms with E-state index in [0.717, 1.165) is 16.3 Å². The molecular formula is C15H16O2Si. The lowest BCUT2D eigenvalue weighted by Gasteiger charge is -2.25. The maximum atomic E-state index is 12.1. The van der Waals surface area contributed by atoms with E-state index in [0.29, 0.717) is 10.5 Å². The van der Waals surface area contributed by atoms with E-state index in [4.69, 9.17) is 4.43 Å². The molecule has 2 nitrogen and oxygen atoms in total. The zero-order valence-corrected chi connectivity index (χ0v) is 12.6. The minimum absolute atomic E-state index is 0.236. The Kier molecular flexibility index (Phi) is 3.34. The topological polar surface area (TPSA) is 26.3 Å². The summed E-state index contributed by atoms with van der Waals surface area (Å²) in [5, 5.41) is 2.18. The van der Waals surface area contributed by atoms with Gasteiger partial charge in [-0.2, -0.15) is 0 Å². The molecule has 0 saturated heterocycles. The number of benzene rings is 2. The van der Waals surface area contributed by atoms with Gasteiger partial charge in [0.15, 0.2) is 0 Å². The second kappa shape index (κ2) is 4.78. The molecule has 18 heavy (non-hydrogen) atoms. The first-order chi connectivity index (χ1) is 8.63. The van der Waals surface area contributed by atoms with E-state index in [2.05, 4.69) is 6.58 Å². The molecule has 0 fully saturated rings. The van der Waals surface area contributed by atoms with Crippen LogP contribution in [0.5, 0.6) is 0 Å². The number of hydrogen-bond donors (Lipinski definition) is 0. The summed E-state index contributed by atoms with van der Waals surface area (Å²) in [7, 11) is 0.393. The highest BCUT2D eigenvalue weighted by Crippen LogP contribution is 2.32. The SMILES string of the molecule is C=CC(C)(C(=O)O[SiH3])c1cccc2ccccc12. The third kappa shape index (κ3) is 1.87. The molecule has 92 valence electrons. The van der Waals surface area contributed by atoms with Gasteiger partial charge >= 0.3 is 5.97 Å². The van der Waals surface area contributed by atoms with Crippen molar-refractivity contribution in [2.45, 2.75) is 12.3 Å². The first kappa shape index (κ1) is 12.6. The van der Waals surface area contributed by atoms with Crippen LogP contribution >= 0.6 is 0 Å². The fraction of sp³-hybridized carbons (Fsp3) is 0.133. The van der Waals surface area contributed by atoms with Crippen molar-refractivity contribution in [3.63, 3.8) is 0 Å². The van der Waals surface area contributed by atoms with E-state index in [1.165, 1.54) is 0 Å². The summed E-state index contributed by atoms with van der Waals surface area (Å²) in [6.07, 6.45) is 1.66. The minimum atomic E-state index is -0.789. The minimum Gasteiger partial charge on any atom is -0.528 e. The lowest BCUT2D eigenvalue weighted by molar-refractivity contribution is -0.138. The smallest absolute Gasteiger partial charge is 0.306 e. The molecule has 0 heterocycles. The van der Waals surface area contributed by atoms with Crippen LogP contribution in [0.3, 0.4) is 0 Å². The lowest BCUT2D eigenvalue weighted by Crippen LogP contribution is -2.31. The van der Waals surface area contributed by atoms with Crippen LogP contribution in [0.15, 0.2) is 55.1 Å². The monoisotopic (exact) mass is 256 g/mol. The first-order valence-electron chi connectivity index (χ1n) is 5.83. The third-order valence-corrected chi connectivity index (χ3v) is 3.74. The van der Waals surface area contributed by atoms with Crippen LogP contribution in [0, 0.1) is 0 Å². The highest BCUT2D eigenvalue weighted by Gasteiger charge is 2.33. The summed E-state index contributed by atoms with van der Waals surface area (Å²) in [5.74, 6) is -0.236. The van der Waals surface area contributed by atoms with Crippen molar-refractivity contribution < 1.29 is 9.22 Å². The molecule has 0 N–H and O–H groups in total. The van der Waals surface area contributed by atoms with Gasteiger partial charge in [0.25, 0.3) is 0 Å². The van der Waals surface area contributed by atoms with Crippen LogP contribution in [0.4, 0.5) is 0 Å². The molecule has 0 aliphatic heterocycles. The molecule has 1 unspecified atom stereocenters. The number of carbonyl (C=O) groups excluding carboxylic acids is 1. The van der Waals surface area contributed by atoms with Crippen LogP contribution in [-0.4, -0.2) is 16.5 Å². The molecule has 3 heteroatoms. The summed E-state index contributed by atoms with van der Waals surface area (Å²) >= 11 is 0. The van der Waals surface area contributed by atoms with Crippen LogP contribution in [-0.2, 0) is 14.6 Å². The van der Waals surface area contributed by atoms with E-state index >= 15 is 0 Å². The van der Waals surface area contributed by atoms with Crippen LogP contribution in [0.25, 0.3) is 10.8 Å². The molecule has 2 aromatic carbocycles. The molecule has 0 radical (unpaired) electrons. The van der Waals surface area contributed by atoms with Crippen molar-refractivity contribution in [1.82, 2.24) is 0 Å². The van der Waals surface area contributed by atoms with Gasteiger partial charge in [0.05, 0.1) is 0 Å². The van der Waals surface area contributed by atoms with Gasteiger partial charge < -0.3 is 4.43 Å². The van der Waals surface area contributed by atoms with Gasteiger partial charge in [-0.15, -0.1) is 6.58 Å². The number of rotatable bonds is 3. The van der Waals surface area contributed by atoms with Crippen molar-refractivity contribution >= 4 is 27.2 Å². The fourth-order valence-electron chi connectivity index (χ4n) is 2.19. The molecule has 1 atom stereocenters. The molecule has 0 bridgehead atoms. The van der Waals surface area contributed by atoms with Gasteiger partial charge in [0, 0.05) is 0 Å². The summed E-state index contributed by atoms with van der Waals surface area (Å²) in [6, 6.07) is 14.0. The molecule has 0 spiro atoms. The highest BCUT2D eigenvalue weighted by atomic mass is 28.2. The van der Waals surface area contributed by atoms with Crippen molar-refractivity contribution in [1.29, 1.82) is 0 Å². The van der Waals surface area contributed by atoms with E-state index < -0.39 is 5.41 Å². The Morgan fingerprint density at radius 3 is 2.61 bits per heavy atom. The van der Waals surface area contributed by atoms with Crippen LogP contribution < -0.4 is 0 Å². The summed E-state index contributed by atoms with van der Waals surface area (Å²) < 4.78 is 5.04. The van der Waals surface area contributed by atoms with Crippen LogP contribution in [0.1, 0.15) is 12.5 Å². The van der Waals surface area contributed by atoms with Gasteiger partial charge in [-0.1, -0.05) is 48.5 Å². The predicted molar refractivity (Wildman–Crippen MR) is 77.5 cm³/mol. The quantitative estimate of drug-likeness (QED) is 0.621. The summed E-state index contributed by atoms with van der Waals surface area (Å²) in [5.41, 5.74) is 0.152. The molecule has 0 saturated carbocycles. The maximum absolute atomic E-state index is 12.1. The van der Waals surface area contributed by atoms with Crippen molar-refractivity contribution in [3.05, 3.63) is 60.7 Å². The standard InChI is InChI=1S/C15H16O2Si/c1-3-15(2,14(16)17-18)13-10-6-8-11-7-4-5-9-12(11)13/h3-10H,1H2,2,18H3. The molecule has 0 amide bonds. The maximum Gasteiger partial charge on any atom is 0.306 e. The Hall–Kier alpha value is -1.87. The normalized spacial score (nSPS) is 14.1. The second-order valence-corrected chi connectivity index (χ2v) is 4.83. The van der Waals surface area contributed by atoms with E-state index in [9.17, 15) is 4.79 Å². The Morgan fingerprint density at radius 1 is 1.28 bits per heavy atom. The van der Waals surface area contributed by atoms with Gasteiger partial charge in [-0.25, -0.2) is 0 Å². The molecule has 0 aliphatic rings. The Labute approximate surface area is 110 Å². The average Bonchev–Trinajstić information content (AvgIpc) is 2.45. The largest absolute Gasteiger partial charge is 0.528 e. The zero-order valence-electron chi connectivity index (χ0n) is 10.6. The van der Waals surface area contributed by atoms with Gasteiger partial charge in [0.1, 0.15) is 5.41 Å². The predicted octanol–water partition coefficient (Wildman–Crippen LogP) is 2.11. The first-order valence-corrected chi connectivity index (χ1v) is 6.65. The average molecular weight is 256 g/mol. The van der Waals surface area contributed by atoms with Gasteiger partial charge in [0.2, 0.25) is 10.5 Å². The summed E-state index contributed by atoms with van der Waals surface area (Å²) in [4.78, 5) is 12.1. The Bertz CT molecular complexity index is 601. The van der Waals surface area contributed by atoms with E-state index in [1.807, 2.05) is 49.4 Å². The van der Waals surface area contributed by atoms with Crippen LogP contribution in [0.2, 0.25) is 0 Å². The highest BCUT2D eigenvalue weighted by molar-refractivity contribution is 6.08.